The topological polar surface area (TPSA) is 0 Å². The largest absolute Gasteiger partial charge is 3.00 e. The van der Waals surface area contributed by atoms with E-state index in [1.165, 1.54) is 17.2 Å². The average Bonchev–Trinajstić information content (AvgIpc) is 2.54. The van der Waals surface area contributed by atoms with Gasteiger partial charge in [-0.2, -0.15) is 6.07 Å². The molecule has 1 aliphatic carbocycles. The smallest absolute Gasteiger partial charge is 1.00 e. The van der Waals surface area contributed by atoms with Crippen molar-refractivity contribution < 1.29 is 55.4 Å². The zero-order chi connectivity index (χ0) is 9.54. The molecule has 0 amide bonds. The van der Waals surface area contributed by atoms with Crippen molar-refractivity contribution in [3.8, 4) is 11.1 Å². The van der Waals surface area contributed by atoms with E-state index in [0.29, 0.717) is 0 Å². The third-order valence-corrected chi connectivity index (χ3v) is 2.67. The molecule has 0 nitrogen and oxygen atoms in total. The number of halogens is 3. The van der Waals surface area contributed by atoms with Crippen LogP contribution in [0.5, 0.6) is 0 Å². The second-order valence-corrected chi connectivity index (χ2v) is 3.53. The summed E-state index contributed by atoms with van der Waals surface area (Å²) in [6, 6.07) is 14.3. The second kappa shape index (κ2) is 6.68. The summed E-state index contributed by atoms with van der Waals surface area (Å²) in [6.45, 7) is 0. The van der Waals surface area contributed by atoms with Crippen LogP contribution in [0.1, 0.15) is 11.1 Å². The van der Waals surface area contributed by atoms with Crippen LogP contribution < -0.4 is 24.8 Å². The van der Waals surface area contributed by atoms with E-state index >= 15 is 0 Å². The van der Waals surface area contributed by atoms with E-state index in [1.807, 2.05) is 18.2 Å². The van der Waals surface area contributed by atoms with Crippen molar-refractivity contribution in [1.82, 2.24) is 0 Å². The molecule has 0 saturated heterocycles. The van der Waals surface area contributed by atoms with E-state index in [1.54, 1.807) is 0 Å². The van der Waals surface area contributed by atoms with Gasteiger partial charge in [0.05, 0.1) is 0 Å². The molecule has 0 spiro atoms. The Morgan fingerprint density at radius 1 is 0.941 bits per heavy atom. The standard InChI is InChI=1S/C13H8F.2ClH.Zr/c14-11-5-6-13-10(8-11)7-9-3-1-2-4-12(9)13;;;/h1-6H,7H2;2*1H;/q-1;;;+3/p-2. The molecule has 2 aromatic rings. The molecule has 0 aromatic heterocycles. The average molecular weight is 345 g/mol. The normalized spacial score (nSPS) is 10.2. The second-order valence-electron chi connectivity index (χ2n) is 3.53. The first-order chi connectivity index (χ1) is 6.84. The Bertz CT molecular complexity index is 515. The number of hydrogen-bond donors (Lipinski definition) is 0. The molecule has 1 radical (unpaired) electrons. The summed E-state index contributed by atoms with van der Waals surface area (Å²) in [5, 5.41) is 0. The Kier molecular flexibility index (Phi) is 6.62. The Hall–Kier alpha value is -0.167. The van der Waals surface area contributed by atoms with Gasteiger partial charge in [-0.25, -0.2) is 4.39 Å². The minimum absolute atomic E-state index is 0. The van der Waals surface area contributed by atoms with E-state index in [2.05, 4.69) is 18.2 Å². The van der Waals surface area contributed by atoms with Crippen molar-refractivity contribution in [2.45, 2.75) is 6.42 Å². The van der Waals surface area contributed by atoms with E-state index in [-0.39, 0.29) is 56.8 Å². The summed E-state index contributed by atoms with van der Waals surface area (Å²) in [5.41, 5.74) is 4.59. The van der Waals surface area contributed by atoms with Crippen LogP contribution >= 0.6 is 0 Å². The van der Waals surface area contributed by atoms with Gasteiger partial charge in [-0.1, -0.05) is 35.4 Å². The monoisotopic (exact) mass is 343 g/mol. The van der Waals surface area contributed by atoms with E-state index in [0.717, 1.165) is 17.5 Å². The van der Waals surface area contributed by atoms with Crippen LogP contribution in [-0.4, -0.2) is 0 Å². The molecule has 0 N–H and O–H groups in total. The van der Waals surface area contributed by atoms with Gasteiger partial charge in [-0.15, -0.1) is 23.3 Å². The maximum Gasteiger partial charge on any atom is 3.00 e. The first kappa shape index (κ1) is 16.8. The van der Waals surface area contributed by atoms with Crippen LogP contribution in [0.15, 0.2) is 36.4 Å². The molecule has 0 atom stereocenters. The fourth-order valence-corrected chi connectivity index (χ4v) is 2.03. The van der Waals surface area contributed by atoms with Gasteiger partial charge < -0.3 is 24.8 Å². The van der Waals surface area contributed by atoms with Gasteiger partial charge in [0.2, 0.25) is 0 Å². The molecule has 0 heterocycles. The Morgan fingerprint density at radius 3 is 2.41 bits per heavy atom. The summed E-state index contributed by atoms with van der Waals surface area (Å²) in [6.07, 6.45) is 0.809. The minimum Gasteiger partial charge on any atom is -1.00 e. The Labute approximate surface area is 132 Å². The quantitative estimate of drug-likeness (QED) is 0.387. The van der Waals surface area contributed by atoms with Gasteiger partial charge in [0.25, 0.3) is 0 Å². The van der Waals surface area contributed by atoms with Gasteiger partial charge in [-0.05, 0) is 6.42 Å². The molecule has 0 aliphatic heterocycles. The van der Waals surface area contributed by atoms with E-state index in [4.69, 9.17) is 0 Å². The van der Waals surface area contributed by atoms with Crippen LogP contribution in [-0.2, 0) is 32.6 Å². The minimum atomic E-state index is -0.267. The van der Waals surface area contributed by atoms with Crippen molar-refractivity contribution in [1.29, 1.82) is 0 Å². The number of rotatable bonds is 0. The van der Waals surface area contributed by atoms with Gasteiger partial charge in [0.1, 0.15) is 0 Å². The van der Waals surface area contributed by atoms with Crippen molar-refractivity contribution >= 4 is 0 Å². The molecule has 0 fully saturated rings. The molecule has 17 heavy (non-hydrogen) atoms. The predicted octanol–water partition coefficient (Wildman–Crippen LogP) is -2.80. The first-order valence-corrected chi connectivity index (χ1v) is 4.63. The predicted molar refractivity (Wildman–Crippen MR) is 53.5 cm³/mol. The van der Waals surface area contributed by atoms with Gasteiger partial charge in [0.15, 0.2) is 0 Å². The number of hydrogen-bond acceptors (Lipinski definition) is 0. The van der Waals surface area contributed by atoms with Gasteiger partial charge >= 0.3 is 26.2 Å². The van der Waals surface area contributed by atoms with Crippen molar-refractivity contribution in [2.75, 3.05) is 0 Å². The molecule has 3 rings (SSSR count). The molecule has 0 unspecified atom stereocenters. The summed E-state index contributed by atoms with van der Waals surface area (Å²) >= 11 is 0. The Morgan fingerprint density at radius 2 is 1.65 bits per heavy atom. The Balaban J connectivity index is 0.000000853. The van der Waals surface area contributed by atoms with Crippen molar-refractivity contribution in [3.63, 3.8) is 0 Å². The number of fused-ring (bicyclic) bond motifs is 3. The molecule has 0 bridgehead atoms. The molecule has 4 heteroatoms. The summed E-state index contributed by atoms with van der Waals surface area (Å²) in [5.74, 6) is -0.267. The first-order valence-electron chi connectivity index (χ1n) is 4.63. The van der Waals surface area contributed by atoms with Crippen molar-refractivity contribution in [2.24, 2.45) is 0 Å². The van der Waals surface area contributed by atoms with E-state index < -0.39 is 0 Å². The molecular formula is C13H8Cl2FZr. The maximum absolute atomic E-state index is 12.9. The van der Waals surface area contributed by atoms with E-state index in [9.17, 15) is 4.39 Å². The SMILES string of the molecule is Fc1[c-]c2c(cc1)-c1ccccc1C2.[Cl-].[Cl-].[Zr+3]. The summed E-state index contributed by atoms with van der Waals surface area (Å²) in [4.78, 5) is 0. The molecule has 2 aromatic carbocycles. The zero-order valence-corrected chi connectivity index (χ0v) is 12.8. The van der Waals surface area contributed by atoms with Crippen LogP contribution in [0.4, 0.5) is 4.39 Å². The third-order valence-electron chi connectivity index (χ3n) is 2.67. The summed E-state index contributed by atoms with van der Waals surface area (Å²) < 4.78 is 12.9. The molecule has 0 saturated carbocycles. The molecule has 85 valence electrons. The van der Waals surface area contributed by atoms with Crippen LogP contribution in [0.25, 0.3) is 11.1 Å². The van der Waals surface area contributed by atoms with Crippen molar-refractivity contribution in [3.05, 3.63) is 59.4 Å². The van der Waals surface area contributed by atoms with Crippen LogP contribution in [0.2, 0.25) is 0 Å². The summed E-state index contributed by atoms with van der Waals surface area (Å²) in [7, 11) is 0. The fraction of sp³-hybridized carbons (Fsp3) is 0.0769. The third kappa shape index (κ3) is 2.99. The molecular weight excluding hydrogens is 337 g/mol. The van der Waals surface area contributed by atoms with Crippen LogP contribution in [0, 0.1) is 11.9 Å². The zero-order valence-electron chi connectivity index (χ0n) is 8.81. The maximum atomic E-state index is 12.9. The fourth-order valence-electron chi connectivity index (χ4n) is 2.03. The van der Waals surface area contributed by atoms with Gasteiger partial charge in [0, 0.05) is 5.82 Å². The van der Waals surface area contributed by atoms with Gasteiger partial charge in [-0.3, -0.25) is 0 Å². The molecule has 1 aliphatic rings. The van der Waals surface area contributed by atoms with Crippen LogP contribution in [0.3, 0.4) is 0 Å². The number of benzene rings is 2.